The molecule has 0 bridgehead atoms. The molecule has 180 valence electrons. The molecular weight excluding hydrogens is 517 g/mol. The van der Waals surface area contributed by atoms with Crippen LogP contribution in [0.2, 0.25) is 15.1 Å². The fourth-order valence-corrected chi connectivity index (χ4v) is 4.97. The molecule has 11 heteroatoms. The fraction of sp³-hybridized carbons (Fsp3) is 0.304. The molecule has 2 amide bonds. The normalized spacial score (nSPS) is 12.0. The molecule has 1 heterocycles. The van der Waals surface area contributed by atoms with E-state index in [1.807, 2.05) is 43.5 Å². The highest BCUT2D eigenvalue weighted by atomic mass is 35.5. The Balaban J connectivity index is 1.72. The summed E-state index contributed by atoms with van der Waals surface area (Å²) in [5.74, 6) is 0.276. The first kappa shape index (κ1) is 26.3. The number of nitrogens with one attached hydrogen (secondary N) is 2. The number of carbonyl (C=O) groups excluding carboxylic acids is 2. The molecule has 1 aromatic heterocycles. The van der Waals surface area contributed by atoms with Crippen LogP contribution in [0, 0.1) is 5.92 Å². The Labute approximate surface area is 217 Å². The first-order chi connectivity index (χ1) is 16.2. The van der Waals surface area contributed by atoms with Crippen LogP contribution in [0.15, 0.2) is 47.6 Å². The molecule has 2 aromatic carbocycles. The van der Waals surface area contributed by atoms with Crippen LogP contribution in [0.5, 0.6) is 0 Å². The van der Waals surface area contributed by atoms with Gasteiger partial charge in [0.2, 0.25) is 5.91 Å². The summed E-state index contributed by atoms with van der Waals surface area (Å²) in [4.78, 5) is 25.3. The maximum Gasteiger partial charge on any atom is 0.251 e. The van der Waals surface area contributed by atoms with Crippen LogP contribution >= 0.6 is 46.6 Å². The minimum absolute atomic E-state index is 0.0656. The molecule has 3 aromatic rings. The second-order valence-electron chi connectivity index (χ2n) is 7.73. The first-order valence-electron chi connectivity index (χ1n) is 10.6. The average molecular weight is 541 g/mol. The molecule has 3 rings (SSSR count). The standard InChI is InChI=1S/C23H24Cl3N5O2S/c1-4-31-21(19(13(2)3)28-22(33)14-8-6-5-7-9-14)29-30-23(31)34-12-18(32)27-20-16(25)10-15(24)11-17(20)26/h5-11,13,19H,4,12H2,1-3H3,(H,27,32)(H,28,33)/t19-/m1/s1. The average Bonchev–Trinajstić information content (AvgIpc) is 3.21. The smallest absolute Gasteiger partial charge is 0.251 e. The van der Waals surface area contributed by atoms with Gasteiger partial charge in [-0.15, -0.1) is 10.2 Å². The van der Waals surface area contributed by atoms with E-state index >= 15 is 0 Å². The van der Waals surface area contributed by atoms with Gasteiger partial charge in [-0.05, 0) is 37.1 Å². The molecule has 0 saturated carbocycles. The number of halogens is 3. The van der Waals surface area contributed by atoms with Crippen molar-refractivity contribution in [3.05, 3.63) is 68.9 Å². The summed E-state index contributed by atoms with van der Waals surface area (Å²) in [6.45, 7) is 6.54. The molecule has 0 aliphatic rings. The maximum absolute atomic E-state index is 12.7. The molecule has 34 heavy (non-hydrogen) atoms. The fourth-order valence-electron chi connectivity index (χ4n) is 3.24. The molecule has 0 aliphatic carbocycles. The van der Waals surface area contributed by atoms with Gasteiger partial charge in [-0.3, -0.25) is 9.59 Å². The minimum atomic E-state index is -0.352. The van der Waals surface area contributed by atoms with E-state index in [0.29, 0.717) is 33.8 Å². The van der Waals surface area contributed by atoms with Crippen LogP contribution < -0.4 is 10.6 Å². The lowest BCUT2D eigenvalue weighted by Crippen LogP contribution is -2.33. The Hall–Kier alpha value is -2.26. The molecule has 0 unspecified atom stereocenters. The van der Waals surface area contributed by atoms with E-state index < -0.39 is 0 Å². The summed E-state index contributed by atoms with van der Waals surface area (Å²) in [5, 5.41) is 15.8. The number of hydrogen-bond acceptors (Lipinski definition) is 5. The van der Waals surface area contributed by atoms with Gasteiger partial charge in [-0.25, -0.2) is 0 Å². The molecule has 0 aliphatic heterocycles. The van der Waals surface area contributed by atoms with Crippen LogP contribution in [0.4, 0.5) is 5.69 Å². The topological polar surface area (TPSA) is 88.9 Å². The van der Waals surface area contributed by atoms with E-state index in [2.05, 4.69) is 20.8 Å². The maximum atomic E-state index is 12.7. The molecule has 0 radical (unpaired) electrons. The largest absolute Gasteiger partial charge is 0.342 e. The third-order valence-corrected chi connectivity index (χ3v) is 6.71. The van der Waals surface area contributed by atoms with Gasteiger partial charge >= 0.3 is 0 Å². The van der Waals surface area contributed by atoms with Crippen molar-refractivity contribution in [3.8, 4) is 0 Å². The lowest BCUT2D eigenvalue weighted by Gasteiger charge is -2.22. The summed E-state index contributed by atoms with van der Waals surface area (Å²) in [5.41, 5.74) is 0.876. The Morgan fingerprint density at radius 3 is 2.29 bits per heavy atom. The summed E-state index contributed by atoms with van der Waals surface area (Å²) in [6, 6.07) is 11.7. The molecule has 0 saturated heterocycles. The van der Waals surface area contributed by atoms with Crippen molar-refractivity contribution in [1.29, 1.82) is 0 Å². The second-order valence-corrected chi connectivity index (χ2v) is 9.92. The summed E-state index contributed by atoms with van der Waals surface area (Å²) < 4.78 is 1.90. The minimum Gasteiger partial charge on any atom is -0.342 e. The van der Waals surface area contributed by atoms with Gasteiger partial charge < -0.3 is 15.2 Å². The number of amides is 2. The predicted octanol–water partition coefficient (Wildman–Crippen LogP) is 6.12. The number of hydrogen-bond donors (Lipinski definition) is 2. The van der Waals surface area contributed by atoms with Crippen molar-refractivity contribution >= 4 is 64.1 Å². The highest BCUT2D eigenvalue weighted by Gasteiger charge is 2.26. The van der Waals surface area contributed by atoms with E-state index in [-0.39, 0.29) is 39.6 Å². The highest BCUT2D eigenvalue weighted by Crippen LogP contribution is 2.34. The van der Waals surface area contributed by atoms with E-state index in [0.717, 1.165) is 0 Å². The molecule has 7 nitrogen and oxygen atoms in total. The summed E-state index contributed by atoms with van der Waals surface area (Å²) >= 11 is 19.4. The van der Waals surface area contributed by atoms with Crippen molar-refractivity contribution in [2.24, 2.45) is 5.92 Å². The van der Waals surface area contributed by atoms with Gasteiger partial charge in [0, 0.05) is 17.1 Å². The Kier molecular flexibility index (Phi) is 9.24. The van der Waals surface area contributed by atoms with Crippen molar-refractivity contribution in [3.63, 3.8) is 0 Å². The van der Waals surface area contributed by atoms with Gasteiger partial charge in [0.25, 0.3) is 5.91 Å². The van der Waals surface area contributed by atoms with E-state index in [9.17, 15) is 9.59 Å². The number of benzene rings is 2. The SMILES string of the molecule is CCn1c(SCC(=O)Nc2c(Cl)cc(Cl)cc2Cl)nnc1[C@H](NC(=O)c1ccccc1)C(C)C. The van der Waals surface area contributed by atoms with Gasteiger partial charge in [0.05, 0.1) is 27.5 Å². The number of anilines is 1. The van der Waals surface area contributed by atoms with Gasteiger partial charge in [-0.1, -0.05) is 78.6 Å². The molecular formula is C23H24Cl3N5O2S. The first-order valence-corrected chi connectivity index (χ1v) is 12.7. The molecule has 0 fully saturated rings. The highest BCUT2D eigenvalue weighted by molar-refractivity contribution is 7.99. The van der Waals surface area contributed by atoms with Crippen LogP contribution in [-0.4, -0.2) is 32.3 Å². The summed E-state index contributed by atoms with van der Waals surface area (Å²) in [6.07, 6.45) is 0. The molecule has 2 N–H and O–H groups in total. The van der Waals surface area contributed by atoms with E-state index in [4.69, 9.17) is 34.8 Å². The Morgan fingerprint density at radius 1 is 1.06 bits per heavy atom. The summed E-state index contributed by atoms with van der Waals surface area (Å²) in [7, 11) is 0. The zero-order valence-corrected chi connectivity index (χ0v) is 21.9. The van der Waals surface area contributed by atoms with Gasteiger partial charge in [0.1, 0.15) is 0 Å². The van der Waals surface area contributed by atoms with E-state index in [1.165, 1.54) is 23.9 Å². The number of thioether (sulfide) groups is 1. The van der Waals surface area contributed by atoms with E-state index in [1.54, 1.807) is 12.1 Å². The van der Waals surface area contributed by atoms with Gasteiger partial charge in [-0.2, -0.15) is 0 Å². The predicted molar refractivity (Wildman–Crippen MR) is 138 cm³/mol. The lowest BCUT2D eigenvalue weighted by molar-refractivity contribution is -0.113. The van der Waals surface area contributed by atoms with Crippen LogP contribution in [0.3, 0.4) is 0 Å². The zero-order valence-electron chi connectivity index (χ0n) is 18.8. The van der Waals surface area contributed by atoms with Crippen molar-refractivity contribution in [2.45, 2.75) is 38.5 Å². The third-order valence-electron chi connectivity index (χ3n) is 4.93. The monoisotopic (exact) mass is 539 g/mol. The lowest BCUT2D eigenvalue weighted by atomic mass is 10.0. The molecule has 0 spiro atoms. The van der Waals surface area contributed by atoms with Crippen LogP contribution in [-0.2, 0) is 11.3 Å². The van der Waals surface area contributed by atoms with Crippen molar-refractivity contribution in [1.82, 2.24) is 20.1 Å². The number of rotatable bonds is 9. The third kappa shape index (κ3) is 6.44. The second kappa shape index (κ2) is 11.9. The van der Waals surface area contributed by atoms with Crippen LogP contribution in [0.1, 0.15) is 43.0 Å². The number of carbonyl (C=O) groups is 2. The van der Waals surface area contributed by atoms with Gasteiger partial charge in [0.15, 0.2) is 11.0 Å². The Bertz CT molecular complexity index is 1150. The van der Waals surface area contributed by atoms with Crippen molar-refractivity contribution in [2.75, 3.05) is 11.1 Å². The number of nitrogens with zero attached hydrogens (tertiary/aromatic N) is 3. The quantitative estimate of drug-likeness (QED) is 0.319. The van der Waals surface area contributed by atoms with Crippen LogP contribution in [0.25, 0.3) is 0 Å². The zero-order chi connectivity index (χ0) is 24.8. The molecule has 1 atom stereocenters. The number of aromatic nitrogens is 3. The Morgan fingerprint density at radius 2 is 1.71 bits per heavy atom. The van der Waals surface area contributed by atoms with Crippen molar-refractivity contribution < 1.29 is 9.59 Å².